The first-order valence-corrected chi connectivity index (χ1v) is 9.94. The van der Waals surface area contributed by atoms with Gasteiger partial charge < -0.3 is 10.2 Å². The van der Waals surface area contributed by atoms with E-state index in [1.807, 2.05) is 0 Å². The number of thioether (sulfide) groups is 1. The molecule has 0 saturated carbocycles. The predicted octanol–water partition coefficient (Wildman–Crippen LogP) is 5.60. The molecule has 0 aliphatic carbocycles. The van der Waals surface area contributed by atoms with Crippen molar-refractivity contribution in [2.24, 2.45) is 0 Å². The highest BCUT2D eigenvalue weighted by Crippen LogP contribution is 2.37. The maximum absolute atomic E-state index is 13.1. The maximum atomic E-state index is 13.1. The number of hydrogen-bond acceptors (Lipinski definition) is 4. The number of benzene rings is 2. The molecular formula is C23H23F2NO2S. The van der Waals surface area contributed by atoms with E-state index in [1.54, 1.807) is 68.5 Å². The van der Waals surface area contributed by atoms with Crippen molar-refractivity contribution in [3.05, 3.63) is 81.1 Å². The van der Waals surface area contributed by atoms with E-state index in [0.717, 1.165) is 0 Å². The minimum Gasteiger partial charge on any atom is -0.391 e. The van der Waals surface area contributed by atoms with E-state index in [4.69, 9.17) is 5.26 Å². The standard InChI is InChI=1S/C23H23F2NO2S/c1-3-19(14-27)29-21(4-2)23(28)18-9-8-17(12-22(24)25)20(11-18)16-7-5-6-15(10-16)13-26/h3-11,22-23,27-28H,12,14H2,1-2H3/b19-3-,21-4-/t23-/m1/s1. The Morgan fingerprint density at radius 3 is 2.52 bits per heavy atom. The van der Waals surface area contributed by atoms with Crippen molar-refractivity contribution in [1.29, 1.82) is 5.26 Å². The van der Waals surface area contributed by atoms with Crippen LogP contribution in [0, 0.1) is 11.3 Å². The molecule has 0 aliphatic rings. The predicted molar refractivity (Wildman–Crippen MR) is 113 cm³/mol. The Hall–Kier alpha value is -2.46. The quantitative estimate of drug-likeness (QED) is 0.589. The Bertz CT molecular complexity index is 948. The summed E-state index contributed by atoms with van der Waals surface area (Å²) in [6.07, 6.45) is -0.360. The first-order valence-electron chi connectivity index (χ1n) is 9.13. The molecule has 0 bridgehead atoms. The van der Waals surface area contributed by atoms with E-state index in [0.29, 0.717) is 37.6 Å². The van der Waals surface area contributed by atoms with Gasteiger partial charge in [-0.2, -0.15) is 5.26 Å². The summed E-state index contributed by atoms with van der Waals surface area (Å²) < 4.78 is 26.2. The molecule has 2 aromatic rings. The Balaban J connectivity index is 2.50. The highest BCUT2D eigenvalue weighted by molar-refractivity contribution is 8.06. The third kappa shape index (κ3) is 6.01. The van der Waals surface area contributed by atoms with Gasteiger partial charge in [-0.05, 0) is 54.3 Å². The molecule has 0 unspecified atom stereocenters. The summed E-state index contributed by atoms with van der Waals surface area (Å²) >= 11 is 1.27. The van der Waals surface area contributed by atoms with Gasteiger partial charge in [0.2, 0.25) is 6.43 Å². The average Bonchev–Trinajstić information content (AvgIpc) is 2.74. The zero-order chi connectivity index (χ0) is 21.4. The molecule has 1 atom stereocenters. The smallest absolute Gasteiger partial charge is 0.242 e. The van der Waals surface area contributed by atoms with Gasteiger partial charge in [-0.1, -0.05) is 48.2 Å². The lowest BCUT2D eigenvalue weighted by Gasteiger charge is -2.18. The molecule has 2 N–H and O–H groups in total. The zero-order valence-corrected chi connectivity index (χ0v) is 17.1. The maximum Gasteiger partial charge on any atom is 0.242 e. The van der Waals surface area contributed by atoms with Crippen LogP contribution < -0.4 is 0 Å². The van der Waals surface area contributed by atoms with E-state index in [-0.39, 0.29) is 6.61 Å². The first kappa shape index (κ1) is 22.8. The summed E-state index contributed by atoms with van der Waals surface area (Å²) in [7, 11) is 0. The van der Waals surface area contributed by atoms with Crippen molar-refractivity contribution in [2.75, 3.05) is 6.61 Å². The second-order valence-electron chi connectivity index (χ2n) is 6.31. The molecular weight excluding hydrogens is 392 g/mol. The van der Waals surface area contributed by atoms with Crippen molar-refractivity contribution < 1.29 is 19.0 Å². The number of halogens is 2. The lowest BCUT2D eigenvalue weighted by Crippen LogP contribution is -2.04. The molecule has 3 nitrogen and oxygen atoms in total. The Kier molecular flexibility index (Phi) is 8.59. The summed E-state index contributed by atoms with van der Waals surface area (Å²) in [5, 5.41) is 29.4. The molecule has 0 aromatic heterocycles. The molecule has 29 heavy (non-hydrogen) atoms. The average molecular weight is 416 g/mol. The van der Waals surface area contributed by atoms with Gasteiger partial charge in [0, 0.05) is 16.2 Å². The molecule has 0 fully saturated rings. The fraction of sp³-hybridized carbons (Fsp3) is 0.261. The van der Waals surface area contributed by atoms with E-state index in [1.165, 1.54) is 11.8 Å². The third-order valence-electron chi connectivity index (χ3n) is 4.41. The molecule has 6 heteroatoms. The van der Waals surface area contributed by atoms with Gasteiger partial charge >= 0.3 is 0 Å². The van der Waals surface area contributed by atoms with Crippen LogP contribution in [0.15, 0.2) is 64.4 Å². The molecule has 0 spiro atoms. The summed E-state index contributed by atoms with van der Waals surface area (Å²) in [6.45, 7) is 3.46. The van der Waals surface area contributed by atoms with Crippen LogP contribution in [0.3, 0.4) is 0 Å². The topological polar surface area (TPSA) is 64.2 Å². The molecule has 0 heterocycles. The van der Waals surface area contributed by atoms with Crippen LogP contribution in [0.2, 0.25) is 0 Å². The number of alkyl halides is 2. The summed E-state index contributed by atoms with van der Waals surface area (Å²) in [5.74, 6) is 0. The first-order chi connectivity index (χ1) is 13.9. The van der Waals surface area contributed by atoms with E-state index < -0.39 is 19.0 Å². The van der Waals surface area contributed by atoms with E-state index >= 15 is 0 Å². The second kappa shape index (κ2) is 10.9. The number of nitrogens with zero attached hydrogens (tertiary/aromatic N) is 1. The fourth-order valence-electron chi connectivity index (χ4n) is 2.90. The Labute approximate surface area is 174 Å². The normalized spacial score (nSPS) is 13.4. The zero-order valence-electron chi connectivity index (χ0n) is 16.3. The largest absolute Gasteiger partial charge is 0.391 e. The number of aliphatic hydroxyl groups excluding tert-OH is 2. The van der Waals surface area contributed by atoms with Crippen LogP contribution in [0.25, 0.3) is 11.1 Å². The molecule has 0 saturated heterocycles. The van der Waals surface area contributed by atoms with E-state index in [9.17, 15) is 19.0 Å². The molecule has 152 valence electrons. The second-order valence-corrected chi connectivity index (χ2v) is 7.51. The minimum atomic E-state index is -2.51. The van der Waals surface area contributed by atoms with Gasteiger partial charge in [0.15, 0.2) is 0 Å². The molecule has 0 aliphatic heterocycles. The van der Waals surface area contributed by atoms with Crippen molar-refractivity contribution >= 4 is 11.8 Å². The van der Waals surface area contributed by atoms with Gasteiger partial charge in [0.25, 0.3) is 0 Å². The van der Waals surface area contributed by atoms with Gasteiger partial charge in [-0.3, -0.25) is 0 Å². The van der Waals surface area contributed by atoms with Crippen LogP contribution in [0.1, 0.15) is 36.6 Å². The fourth-order valence-corrected chi connectivity index (χ4v) is 3.75. The minimum absolute atomic E-state index is 0.134. The van der Waals surface area contributed by atoms with Crippen molar-refractivity contribution in [3.8, 4) is 17.2 Å². The van der Waals surface area contributed by atoms with Crippen LogP contribution in [0.4, 0.5) is 8.78 Å². The highest BCUT2D eigenvalue weighted by atomic mass is 32.2. The highest BCUT2D eigenvalue weighted by Gasteiger charge is 2.18. The number of allylic oxidation sites excluding steroid dienone is 2. The number of rotatable bonds is 8. The third-order valence-corrected chi connectivity index (χ3v) is 5.73. The molecule has 0 radical (unpaired) electrons. The SMILES string of the molecule is C/C=C(/CO)S/C(=C\C)[C@H](O)c1ccc(CC(F)F)c(-c2cccc(C#N)c2)c1. The molecule has 0 amide bonds. The van der Waals surface area contributed by atoms with Gasteiger partial charge in [-0.25, -0.2) is 8.78 Å². The van der Waals surface area contributed by atoms with Crippen LogP contribution in [-0.4, -0.2) is 23.2 Å². The van der Waals surface area contributed by atoms with Gasteiger partial charge in [0.1, 0.15) is 6.10 Å². The lowest BCUT2D eigenvalue weighted by molar-refractivity contribution is 0.149. The molecule has 2 rings (SSSR count). The van der Waals surface area contributed by atoms with Crippen LogP contribution in [0.5, 0.6) is 0 Å². The van der Waals surface area contributed by atoms with Crippen molar-refractivity contribution in [2.45, 2.75) is 32.8 Å². The van der Waals surface area contributed by atoms with E-state index in [2.05, 4.69) is 6.07 Å². The van der Waals surface area contributed by atoms with Crippen molar-refractivity contribution in [1.82, 2.24) is 0 Å². The number of nitriles is 1. The van der Waals surface area contributed by atoms with Gasteiger partial charge in [0.05, 0.1) is 18.2 Å². The van der Waals surface area contributed by atoms with Crippen molar-refractivity contribution in [3.63, 3.8) is 0 Å². The Morgan fingerprint density at radius 2 is 1.93 bits per heavy atom. The van der Waals surface area contributed by atoms with Crippen LogP contribution >= 0.6 is 11.8 Å². The summed E-state index contributed by atoms with van der Waals surface area (Å²) in [5.41, 5.74) is 2.64. The van der Waals surface area contributed by atoms with Gasteiger partial charge in [-0.15, -0.1) is 0 Å². The number of aliphatic hydroxyl groups is 2. The lowest BCUT2D eigenvalue weighted by atomic mass is 9.93. The van der Waals surface area contributed by atoms with Crippen LogP contribution in [-0.2, 0) is 6.42 Å². The molecule has 2 aromatic carbocycles. The summed E-state index contributed by atoms with van der Waals surface area (Å²) in [4.78, 5) is 1.33. The monoisotopic (exact) mass is 415 g/mol. The number of hydrogen-bond donors (Lipinski definition) is 2. The summed E-state index contributed by atoms with van der Waals surface area (Å²) in [6, 6.07) is 13.7. The Morgan fingerprint density at radius 1 is 1.17 bits per heavy atom.